The van der Waals surface area contributed by atoms with Gasteiger partial charge in [0.2, 0.25) is 6.79 Å². The van der Waals surface area contributed by atoms with Crippen molar-refractivity contribution in [3.8, 4) is 17.2 Å². The first-order valence-corrected chi connectivity index (χ1v) is 8.59. The molecule has 1 heterocycles. The fourth-order valence-electron chi connectivity index (χ4n) is 2.35. The van der Waals surface area contributed by atoms with Gasteiger partial charge in [0.15, 0.2) is 24.2 Å². The minimum atomic E-state index is -0.988. The number of hydrogen-bond donors (Lipinski definition) is 1. The SMILES string of the molecule is Cc1cc(OCC(=O)O[C@@H](C)C(=O)Nc2ccc3c(c2)OCO3)ccc1Cl. The standard InChI is InChI=1S/C19H18ClNO6/c1-11-7-14(4-5-15(11)20)24-9-18(22)27-12(2)19(23)21-13-3-6-16-17(8-13)26-10-25-16/h3-8,12H,9-10H2,1-2H3,(H,21,23)/t12-/m0/s1. The quantitative estimate of drug-likeness (QED) is 0.760. The first-order valence-electron chi connectivity index (χ1n) is 8.21. The van der Waals surface area contributed by atoms with Crippen LogP contribution in [0.5, 0.6) is 17.2 Å². The Kier molecular flexibility index (Phi) is 5.71. The smallest absolute Gasteiger partial charge is 0.344 e. The van der Waals surface area contributed by atoms with Crippen molar-refractivity contribution in [2.75, 3.05) is 18.7 Å². The molecule has 8 heteroatoms. The molecular formula is C19H18ClNO6. The van der Waals surface area contributed by atoms with Crippen LogP contribution in [0.2, 0.25) is 5.02 Å². The number of hydrogen-bond acceptors (Lipinski definition) is 6. The van der Waals surface area contributed by atoms with E-state index in [0.29, 0.717) is 28.0 Å². The topological polar surface area (TPSA) is 83.1 Å². The fraction of sp³-hybridized carbons (Fsp3) is 0.263. The van der Waals surface area contributed by atoms with Gasteiger partial charge in [0.1, 0.15) is 5.75 Å². The van der Waals surface area contributed by atoms with Crippen molar-refractivity contribution in [3.63, 3.8) is 0 Å². The van der Waals surface area contributed by atoms with Gasteiger partial charge >= 0.3 is 5.97 Å². The summed E-state index contributed by atoms with van der Waals surface area (Å²) < 4.78 is 20.9. The Balaban J connectivity index is 1.48. The summed E-state index contributed by atoms with van der Waals surface area (Å²) in [6, 6.07) is 10.0. The van der Waals surface area contributed by atoms with E-state index in [-0.39, 0.29) is 13.4 Å². The summed E-state index contributed by atoms with van der Waals surface area (Å²) in [5, 5.41) is 3.27. The van der Waals surface area contributed by atoms with Gasteiger partial charge in [-0.05, 0) is 49.7 Å². The molecule has 2 aromatic rings. The number of carbonyl (C=O) groups is 2. The highest BCUT2D eigenvalue weighted by molar-refractivity contribution is 6.31. The number of carbonyl (C=O) groups excluding carboxylic acids is 2. The fourth-order valence-corrected chi connectivity index (χ4v) is 2.47. The van der Waals surface area contributed by atoms with Gasteiger partial charge in [-0.1, -0.05) is 11.6 Å². The van der Waals surface area contributed by atoms with Crippen molar-refractivity contribution in [2.45, 2.75) is 20.0 Å². The monoisotopic (exact) mass is 391 g/mol. The Hall–Kier alpha value is -2.93. The summed E-state index contributed by atoms with van der Waals surface area (Å²) in [4.78, 5) is 24.1. The highest BCUT2D eigenvalue weighted by Crippen LogP contribution is 2.34. The van der Waals surface area contributed by atoms with Crippen LogP contribution in [-0.4, -0.2) is 31.4 Å². The van der Waals surface area contributed by atoms with E-state index in [1.807, 2.05) is 6.92 Å². The van der Waals surface area contributed by atoms with Crippen LogP contribution in [0.15, 0.2) is 36.4 Å². The number of esters is 1. The second kappa shape index (κ2) is 8.18. The average molecular weight is 392 g/mol. The molecular weight excluding hydrogens is 374 g/mol. The lowest BCUT2D eigenvalue weighted by atomic mass is 10.2. The van der Waals surface area contributed by atoms with Crippen molar-refractivity contribution in [3.05, 3.63) is 47.0 Å². The lowest BCUT2D eigenvalue weighted by molar-refractivity contribution is -0.155. The predicted octanol–water partition coefficient (Wildman–Crippen LogP) is 3.33. The van der Waals surface area contributed by atoms with Crippen LogP contribution in [0.4, 0.5) is 5.69 Å². The van der Waals surface area contributed by atoms with Crippen molar-refractivity contribution in [1.82, 2.24) is 0 Å². The number of ether oxygens (including phenoxy) is 4. The molecule has 0 saturated heterocycles. The number of fused-ring (bicyclic) bond motifs is 1. The van der Waals surface area contributed by atoms with Crippen LogP contribution in [0.3, 0.4) is 0 Å². The zero-order valence-electron chi connectivity index (χ0n) is 14.8. The van der Waals surface area contributed by atoms with Gasteiger partial charge in [-0.3, -0.25) is 4.79 Å². The number of halogens is 1. The summed E-state index contributed by atoms with van der Waals surface area (Å²) in [6.07, 6.45) is -0.988. The van der Waals surface area contributed by atoms with Crippen molar-refractivity contribution >= 4 is 29.2 Å². The molecule has 1 aliphatic rings. The zero-order chi connectivity index (χ0) is 19.4. The van der Waals surface area contributed by atoms with Gasteiger partial charge in [0, 0.05) is 16.8 Å². The van der Waals surface area contributed by atoms with E-state index in [2.05, 4.69) is 5.32 Å². The largest absolute Gasteiger partial charge is 0.482 e. The Morgan fingerprint density at radius 1 is 1.19 bits per heavy atom. The highest BCUT2D eigenvalue weighted by Gasteiger charge is 2.20. The van der Waals surface area contributed by atoms with Crippen molar-refractivity contribution in [1.29, 1.82) is 0 Å². The van der Waals surface area contributed by atoms with E-state index in [1.54, 1.807) is 36.4 Å². The summed E-state index contributed by atoms with van der Waals surface area (Å²) in [5.41, 5.74) is 1.35. The van der Waals surface area contributed by atoms with E-state index >= 15 is 0 Å². The van der Waals surface area contributed by atoms with Crippen LogP contribution in [-0.2, 0) is 14.3 Å². The van der Waals surface area contributed by atoms with Crippen LogP contribution >= 0.6 is 11.6 Å². The molecule has 1 amide bonds. The van der Waals surface area contributed by atoms with E-state index in [9.17, 15) is 9.59 Å². The normalized spacial score (nSPS) is 13.0. The number of nitrogens with one attached hydrogen (secondary N) is 1. The second-order valence-electron chi connectivity index (χ2n) is 5.89. The molecule has 0 spiro atoms. The van der Waals surface area contributed by atoms with E-state index in [1.165, 1.54) is 6.92 Å². The third-order valence-electron chi connectivity index (χ3n) is 3.80. The van der Waals surface area contributed by atoms with E-state index < -0.39 is 18.0 Å². The Morgan fingerprint density at radius 2 is 1.96 bits per heavy atom. The van der Waals surface area contributed by atoms with Gasteiger partial charge in [0.05, 0.1) is 0 Å². The van der Waals surface area contributed by atoms with Gasteiger partial charge in [-0.15, -0.1) is 0 Å². The molecule has 0 fully saturated rings. The summed E-state index contributed by atoms with van der Waals surface area (Å²) in [7, 11) is 0. The van der Waals surface area contributed by atoms with Gasteiger partial charge in [-0.25, -0.2) is 4.79 Å². The molecule has 2 aromatic carbocycles. The van der Waals surface area contributed by atoms with Crippen LogP contribution < -0.4 is 19.5 Å². The van der Waals surface area contributed by atoms with Crippen molar-refractivity contribution in [2.24, 2.45) is 0 Å². The lowest BCUT2D eigenvalue weighted by Crippen LogP contribution is -2.31. The molecule has 1 N–H and O–H groups in total. The van der Waals surface area contributed by atoms with Crippen molar-refractivity contribution < 1.29 is 28.5 Å². The minimum Gasteiger partial charge on any atom is -0.482 e. The number of rotatable bonds is 6. The maximum Gasteiger partial charge on any atom is 0.344 e. The summed E-state index contributed by atoms with van der Waals surface area (Å²) in [6.45, 7) is 3.14. The summed E-state index contributed by atoms with van der Waals surface area (Å²) in [5.74, 6) is 0.526. The molecule has 0 saturated carbocycles. The minimum absolute atomic E-state index is 0.147. The number of aryl methyl sites for hydroxylation is 1. The molecule has 0 radical (unpaired) electrons. The predicted molar refractivity (Wildman–Crippen MR) is 98.4 cm³/mol. The van der Waals surface area contributed by atoms with Crippen LogP contribution in [0, 0.1) is 6.92 Å². The maximum atomic E-state index is 12.2. The first-order chi connectivity index (χ1) is 12.9. The van der Waals surface area contributed by atoms with E-state index in [0.717, 1.165) is 5.56 Å². The number of anilines is 1. The highest BCUT2D eigenvalue weighted by atomic mass is 35.5. The molecule has 0 unspecified atom stereocenters. The van der Waals surface area contributed by atoms with E-state index in [4.69, 9.17) is 30.5 Å². The maximum absolute atomic E-state index is 12.2. The molecule has 0 bridgehead atoms. The number of benzene rings is 2. The zero-order valence-corrected chi connectivity index (χ0v) is 15.5. The molecule has 27 heavy (non-hydrogen) atoms. The summed E-state index contributed by atoms with van der Waals surface area (Å²) >= 11 is 5.94. The third-order valence-corrected chi connectivity index (χ3v) is 4.23. The number of amides is 1. The Labute approximate surface area is 161 Å². The Bertz CT molecular complexity index is 869. The van der Waals surface area contributed by atoms with Crippen LogP contribution in [0.1, 0.15) is 12.5 Å². The second-order valence-corrected chi connectivity index (χ2v) is 6.30. The molecule has 0 aromatic heterocycles. The molecule has 7 nitrogen and oxygen atoms in total. The van der Waals surface area contributed by atoms with Crippen LogP contribution in [0.25, 0.3) is 0 Å². The molecule has 3 rings (SSSR count). The molecule has 1 aliphatic heterocycles. The van der Waals surface area contributed by atoms with Gasteiger partial charge < -0.3 is 24.3 Å². The molecule has 1 atom stereocenters. The lowest BCUT2D eigenvalue weighted by Gasteiger charge is -2.14. The Morgan fingerprint density at radius 3 is 2.74 bits per heavy atom. The van der Waals surface area contributed by atoms with Gasteiger partial charge in [0.25, 0.3) is 5.91 Å². The third kappa shape index (κ3) is 4.83. The average Bonchev–Trinajstić information content (AvgIpc) is 3.10. The molecule has 0 aliphatic carbocycles. The van der Waals surface area contributed by atoms with Gasteiger partial charge in [-0.2, -0.15) is 0 Å². The first kappa shape index (κ1) is 18.8. The molecule has 142 valence electrons.